The Balaban J connectivity index is 0.00000225. The standard InChI is InChI=1S/C10H13F3N2.ClH/c11-6-4-7(12)10(8(13)5-6)9(15)2-1-3-14;/h4-5,9H,1-3,14-15H2;1H/t9-;/m0./s1. The van der Waals surface area contributed by atoms with Crippen LogP contribution in [0.5, 0.6) is 0 Å². The molecule has 0 unspecified atom stereocenters. The molecule has 0 aliphatic rings. The fourth-order valence-corrected chi connectivity index (χ4v) is 1.39. The van der Waals surface area contributed by atoms with E-state index in [9.17, 15) is 13.2 Å². The molecule has 0 saturated heterocycles. The van der Waals surface area contributed by atoms with Crippen molar-refractivity contribution in [1.82, 2.24) is 0 Å². The Morgan fingerprint density at radius 3 is 2.06 bits per heavy atom. The minimum absolute atomic E-state index is 0. The zero-order valence-corrected chi connectivity index (χ0v) is 9.37. The third-order valence-electron chi connectivity index (χ3n) is 2.13. The van der Waals surface area contributed by atoms with E-state index in [1.807, 2.05) is 0 Å². The summed E-state index contributed by atoms with van der Waals surface area (Å²) >= 11 is 0. The van der Waals surface area contributed by atoms with E-state index in [2.05, 4.69) is 0 Å². The number of benzene rings is 1. The van der Waals surface area contributed by atoms with E-state index in [-0.39, 0.29) is 18.0 Å². The number of hydrogen-bond donors (Lipinski definition) is 2. The van der Waals surface area contributed by atoms with Gasteiger partial charge in [-0.3, -0.25) is 0 Å². The number of rotatable bonds is 4. The monoisotopic (exact) mass is 254 g/mol. The largest absolute Gasteiger partial charge is 0.330 e. The molecule has 1 atom stereocenters. The fraction of sp³-hybridized carbons (Fsp3) is 0.400. The highest BCUT2D eigenvalue weighted by Crippen LogP contribution is 2.23. The molecule has 16 heavy (non-hydrogen) atoms. The van der Waals surface area contributed by atoms with E-state index in [1.54, 1.807) is 0 Å². The van der Waals surface area contributed by atoms with Gasteiger partial charge in [-0.25, -0.2) is 13.2 Å². The van der Waals surface area contributed by atoms with Crippen LogP contribution in [0.2, 0.25) is 0 Å². The van der Waals surface area contributed by atoms with Gasteiger partial charge in [0, 0.05) is 23.7 Å². The smallest absolute Gasteiger partial charge is 0.133 e. The normalized spacial score (nSPS) is 12.1. The molecule has 0 bridgehead atoms. The highest BCUT2D eigenvalue weighted by Gasteiger charge is 2.17. The fourth-order valence-electron chi connectivity index (χ4n) is 1.39. The lowest BCUT2D eigenvalue weighted by Crippen LogP contribution is -2.16. The van der Waals surface area contributed by atoms with Crippen LogP contribution in [0.4, 0.5) is 13.2 Å². The molecular weight excluding hydrogens is 241 g/mol. The third kappa shape index (κ3) is 3.66. The molecule has 4 N–H and O–H groups in total. The first-order valence-electron chi connectivity index (χ1n) is 4.66. The third-order valence-corrected chi connectivity index (χ3v) is 2.13. The summed E-state index contributed by atoms with van der Waals surface area (Å²) in [7, 11) is 0. The summed E-state index contributed by atoms with van der Waals surface area (Å²) in [5, 5.41) is 0. The van der Waals surface area contributed by atoms with Gasteiger partial charge in [-0.15, -0.1) is 12.4 Å². The zero-order chi connectivity index (χ0) is 11.4. The second-order valence-electron chi connectivity index (χ2n) is 3.32. The van der Waals surface area contributed by atoms with Crippen molar-refractivity contribution in [3.05, 3.63) is 35.1 Å². The molecule has 0 aliphatic carbocycles. The van der Waals surface area contributed by atoms with Crippen molar-refractivity contribution in [3.63, 3.8) is 0 Å². The Hall–Kier alpha value is -0.780. The van der Waals surface area contributed by atoms with Crippen molar-refractivity contribution < 1.29 is 13.2 Å². The molecular formula is C10H14ClF3N2. The summed E-state index contributed by atoms with van der Waals surface area (Å²) < 4.78 is 39.0. The Bertz CT molecular complexity index is 324. The highest BCUT2D eigenvalue weighted by molar-refractivity contribution is 5.85. The average Bonchev–Trinajstić information content (AvgIpc) is 2.12. The first-order chi connectivity index (χ1) is 7.06. The van der Waals surface area contributed by atoms with Gasteiger partial charge in [-0.05, 0) is 19.4 Å². The predicted molar refractivity (Wildman–Crippen MR) is 58.8 cm³/mol. The zero-order valence-electron chi connectivity index (χ0n) is 8.55. The van der Waals surface area contributed by atoms with Crippen molar-refractivity contribution in [1.29, 1.82) is 0 Å². The molecule has 0 aromatic heterocycles. The Morgan fingerprint density at radius 2 is 1.62 bits per heavy atom. The average molecular weight is 255 g/mol. The second kappa shape index (κ2) is 6.73. The molecule has 92 valence electrons. The van der Waals surface area contributed by atoms with Gasteiger partial charge < -0.3 is 11.5 Å². The van der Waals surface area contributed by atoms with Crippen molar-refractivity contribution in [2.75, 3.05) is 6.54 Å². The Kier molecular flexibility index (Phi) is 6.40. The molecule has 0 heterocycles. The maximum absolute atomic E-state index is 13.2. The van der Waals surface area contributed by atoms with Crippen molar-refractivity contribution >= 4 is 12.4 Å². The van der Waals surface area contributed by atoms with E-state index in [0.29, 0.717) is 31.5 Å². The molecule has 0 spiro atoms. The summed E-state index contributed by atoms with van der Waals surface area (Å²) in [5.41, 5.74) is 10.6. The van der Waals surface area contributed by atoms with E-state index in [4.69, 9.17) is 11.5 Å². The lowest BCUT2D eigenvalue weighted by atomic mass is 10.0. The van der Waals surface area contributed by atoms with Gasteiger partial charge in [0.25, 0.3) is 0 Å². The summed E-state index contributed by atoms with van der Waals surface area (Å²) in [6.45, 7) is 0.401. The van der Waals surface area contributed by atoms with Crippen molar-refractivity contribution in [3.8, 4) is 0 Å². The van der Waals surface area contributed by atoms with Gasteiger partial charge >= 0.3 is 0 Å². The molecule has 0 amide bonds. The van der Waals surface area contributed by atoms with Crippen LogP contribution in [0.15, 0.2) is 12.1 Å². The summed E-state index contributed by atoms with van der Waals surface area (Å²) in [4.78, 5) is 0. The molecule has 1 rings (SSSR count). The molecule has 0 fully saturated rings. The minimum Gasteiger partial charge on any atom is -0.330 e. The van der Waals surface area contributed by atoms with Gasteiger partial charge in [0.2, 0.25) is 0 Å². The SMILES string of the molecule is Cl.NCCC[C@H](N)c1c(F)cc(F)cc1F. The van der Waals surface area contributed by atoms with Crippen LogP contribution in [0.3, 0.4) is 0 Å². The van der Waals surface area contributed by atoms with Crippen LogP contribution >= 0.6 is 12.4 Å². The number of halogens is 4. The van der Waals surface area contributed by atoms with Crippen LogP contribution in [0, 0.1) is 17.5 Å². The van der Waals surface area contributed by atoms with Crippen LogP contribution in [-0.2, 0) is 0 Å². The Morgan fingerprint density at radius 1 is 1.12 bits per heavy atom. The first kappa shape index (κ1) is 15.2. The van der Waals surface area contributed by atoms with Gasteiger partial charge in [0.1, 0.15) is 17.5 Å². The summed E-state index contributed by atoms with van der Waals surface area (Å²) in [6.07, 6.45) is 0.938. The molecule has 0 saturated carbocycles. The first-order valence-corrected chi connectivity index (χ1v) is 4.66. The lowest BCUT2D eigenvalue weighted by Gasteiger charge is -2.13. The molecule has 1 aromatic carbocycles. The van der Waals surface area contributed by atoms with E-state index in [0.717, 1.165) is 0 Å². The lowest BCUT2D eigenvalue weighted by molar-refractivity contribution is 0.488. The topological polar surface area (TPSA) is 52.0 Å². The Labute approximate surface area is 98.2 Å². The van der Waals surface area contributed by atoms with Crippen LogP contribution in [0.1, 0.15) is 24.4 Å². The second-order valence-corrected chi connectivity index (χ2v) is 3.32. The molecule has 0 aliphatic heterocycles. The van der Waals surface area contributed by atoms with Crippen LogP contribution in [-0.4, -0.2) is 6.54 Å². The molecule has 6 heteroatoms. The highest BCUT2D eigenvalue weighted by atomic mass is 35.5. The quantitative estimate of drug-likeness (QED) is 0.866. The molecule has 1 aromatic rings. The van der Waals surface area contributed by atoms with E-state index < -0.39 is 23.5 Å². The minimum atomic E-state index is -0.947. The van der Waals surface area contributed by atoms with E-state index >= 15 is 0 Å². The summed E-state index contributed by atoms with van der Waals surface area (Å²) in [5.74, 6) is -2.84. The van der Waals surface area contributed by atoms with Gasteiger partial charge in [0.05, 0.1) is 0 Å². The van der Waals surface area contributed by atoms with Crippen molar-refractivity contribution in [2.24, 2.45) is 11.5 Å². The van der Waals surface area contributed by atoms with Crippen LogP contribution < -0.4 is 11.5 Å². The van der Waals surface area contributed by atoms with Crippen LogP contribution in [0.25, 0.3) is 0 Å². The van der Waals surface area contributed by atoms with Crippen molar-refractivity contribution in [2.45, 2.75) is 18.9 Å². The number of hydrogen-bond acceptors (Lipinski definition) is 2. The van der Waals surface area contributed by atoms with Gasteiger partial charge in [0.15, 0.2) is 0 Å². The maximum atomic E-state index is 13.2. The van der Waals surface area contributed by atoms with Gasteiger partial charge in [-0.1, -0.05) is 0 Å². The molecule has 2 nitrogen and oxygen atoms in total. The van der Waals surface area contributed by atoms with E-state index in [1.165, 1.54) is 0 Å². The van der Waals surface area contributed by atoms with Gasteiger partial charge in [-0.2, -0.15) is 0 Å². The molecule has 0 radical (unpaired) electrons. The predicted octanol–water partition coefficient (Wildman–Crippen LogP) is 2.26. The maximum Gasteiger partial charge on any atom is 0.133 e. The summed E-state index contributed by atoms with van der Waals surface area (Å²) in [6, 6.07) is 0.468. The number of nitrogens with two attached hydrogens (primary N) is 2.